The van der Waals surface area contributed by atoms with Gasteiger partial charge < -0.3 is 14.6 Å². The molecule has 0 unspecified atom stereocenters. The largest absolute Gasteiger partial charge is 0.462 e. The van der Waals surface area contributed by atoms with Crippen LogP contribution in [0, 0.1) is 0 Å². The van der Waals surface area contributed by atoms with Gasteiger partial charge in [0.1, 0.15) is 6.61 Å². The second-order valence-corrected chi connectivity index (χ2v) is 13.0. The molecular weight excluding hydrogens is 620 g/mol. The van der Waals surface area contributed by atoms with Crippen LogP contribution in [-0.2, 0) is 19.1 Å². The van der Waals surface area contributed by atoms with E-state index in [0.29, 0.717) is 12.8 Å². The third-order valence-electron chi connectivity index (χ3n) is 8.19. The van der Waals surface area contributed by atoms with Crippen molar-refractivity contribution in [3.63, 3.8) is 0 Å². The molecule has 0 saturated carbocycles. The highest BCUT2D eigenvalue weighted by Gasteiger charge is 2.15. The molecule has 0 aromatic heterocycles. The molecule has 0 saturated heterocycles. The van der Waals surface area contributed by atoms with Crippen LogP contribution in [0.4, 0.5) is 0 Å². The summed E-state index contributed by atoms with van der Waals surface area (Å²) in [5, 5.41) is 9.55. The van der Waals surface area contributed by atoms with Gasteiger partial charge in [0.05, 0.1) is 6.61 Å². The number of rotatable bonds is 35. The smallest absolute Gasteiger partial charge is 0.306 e. The molecule has 1 atom stereocenters. The minimum Gasteiger partial charge on any atom is -0.462 e. The second-order valence-electron chi connectivity index (χ2n) is 13.0. The average Bonchev–Trinajstić information content (AvgIpc) is 3.12. The molecule has 0 aliphatic carbocycles. The Labute approximate surface area is 307 Å². The number of esters is 2. The number of ether oxygens (including phenoxy) is 2. The number of carbonyl (C=O) groups is 2. The third-order valence-corrected chi connectivity index (χ3v) is 8.19. The first-order valence-corrected chi connectivity index (χ1v) is 20.1. The zero-order valence-corrected chi connectivity index (χ0v) is 32.1. The Hall–Kier alpha value is -2.92. The molecule has 5 heteroatoms. The van der Waals surface area contributed by atoms with Crippen LogP contribution in [0.25, 0.3) is 0 Å². The number of aliphatic hydroxyl groups excluding tert-OH is 1. The molecule has 0 radical (unpaired) electrons. The first-order valence-electron chi connectivity index (χ1n) is 20.1. The van der Waals surface area contributed by atoms with Crippen LogP contribution >= 0.6 is 0 Å². The quantitative estimate of drug-likeness (QED) is 0.0406. The summed E-state index contributed by atoms with van der Waals surface area (Å²) >= 11 is 0. The van der Waals surface area contributed by atoms with Crippen LogP contribution in [0.2, 0.25) is 0 Å². The summed E-state index contributed by atoms with van der Waals surface area (Å²) in [4.78, 5) is 24.2. The number of allylic oxidation sites excluding steroid dienone is 14. The summed E-state index contributed by atoms with van der Waals surface area (Å²) < 4.78 is 10.5. The molecule has 0 rings (SSSR count). The van der Waals surface area contributed by atoms with E-state index in [9.17, 15) is 14.7 Å². The summed E-state index contributed by atoms with van der Waals surface area (Å²) in [6.07, 6.45) is 55.1. The van der Waals surface area contributed by atoms with E-state index in [0.717, 1.165) is 57.8 Å². The maximum Gasteiger partial charge on any atom is 0.306 e. The molecule has 50 heavy (non-hydrogen) atoms. The zero-order valence-electron chi connectivity index (χ0n) is 32.1. The first-order chi connectivity index (χ1) is 24.6. The van der Waals surface area contributed by atoms with Crippen LogP contribution in [0.5, 0.6) is 0 Å². The minimum atomic E-state index is -0.817. The van der Waals surface area contributed by atoms with Gasteiger partial charge in [-0.25, -0.2) is 0 Å². The fraction of sp³-hybridized carbons (Fsp3) is 0.644. The van der Waals surface area contributed by atoms with Gasteiger partial charge in [-0.15, -0.1) is 0 Å². The molecule has 0 fully saturated rings. The van der Waals surface area contributed by atoms with Crippen molar-refractivity contribution >= 4 is 11.9 Å². The Balaban J connectivity index is 3.71. The Kier molecular flexibility index (Phi) is 38.1. The van der Waals surface area contributed by atoms with Crippen LogP contribution in [0.15, 0.2) is 85.1 Å². The van der Waals surface area contributed by atoms with Gasteiger partial charge in [0.2, 0.25) is 0 Å². The predicted octanol–water partition coefficient (Wildman–Crippen LogP) is 12.7. The van der Waals surface area contributed by atoms with Crippen molar-refractivity contribution in [2.24, 2.45) is 0 Å². The molecule has 1 N–H and O–H groups in total. The number of unbranched alkanes of at least 4 members (excludes halogenated alkanes) is 13. The zero-order chi connectivity index (χ0) is 36.4. The van der Waals surface area contributed by atoms with Crippen LogP contribution in [-0.4, -0.2) is 36.4 Å². The summed E-state index contributed by atoms with van der Waals surface area (Å²) in [5.41, 5.74) is 0. The highest BCUT2D eigenvalue weighted by atomic mass is 16.6. The molecule has 0 aliphatic rings. The standard InChI is InChI=1S/C45H74O5/c1-3-5-7-9-11-13-15-17-19-21-22-24-26-28-30-32-34-36-38-40-45(48)50-43(41-46)42-49-44(47)39-37-35-33-31-29-27-25-23-20-18-16-14-12-10-8-6-4-2/h5,7,11,13,17-20,22,24,28,30,34,36,43,46H,3-4,6,8-10,12,14-16,21,23,25-27,29,31-33,35,37-42H2,1-2H3/b7-5+,13-11+,19-17+,20-18+,24-22+,30-28+,36-34+/t43-/m0/s1. The van der Waals surface area contributed by atoms with E-state index >= 15 is 0 Å². The molecule has 0 bridgehead atoms. The van der Waals surface area contributed by atoms with Gasteiger partial charge >= 0.3 is 11.9 Å². The lowest BCUT2D eigenvalue weighted by atomic mass is 10.1. The van der Waals surface area contributed by atoms with E-state index in [1.807, 2.05) is 12.2 Å². The van der Waals surface area contributed by atoms with Crippen molar-refractivity contribution < 1.29 is 24.2 Å². The van der Waals surface area contributed by atoms with Crippen LogP contribution in [0.3, 0.4) is 0 Å². The Morgan fingerprint density at radius 3 is 1.38 bits per heavy atom. The molecule has 0 aromatic carbocycles. The molecule has 284 valence electrons. The average molecular weight is 695 g/mol. The number of aliphatic hydroxyl groups is 1. The summed E-state index contributed by atoms with van der Waals surface area (Å²) in [6.45, 7) is 3.94. The van der Waals surface area contributed by atoms with Gasteiger partial charge in [-0.3, -0.25) is 9.59 Å². The minimum absolute atomic E-state index is 0.103. The molecule has 0 amide bonds. The normalized spacial score (nSPS) is 13.1. The van der Waals surface area contributed by atoms with Gasteiger partial charge in [-0.2, -0.15) is 0 Å². The van der Waals surface area contributed by atoms with Gasteiger partial charge in [-0.1, -0.05) is 163 Å². The molecule has 0 aromatic rings. The fourth-order valence-corrected chi connectivity index (χ4v) is 5.16. The van der Waals surface area contributed by atoms with Gasteiger partial charge in [0, 0.05) is 12.8 Å². The van der Waals surface area contributed by atoms with Crippen molar-refractivity contribution in [1.82, 2.24) is 0 Å². The fourth-order valence-electron chi connectivity index (χ4n) is 5.16. The Morgan fingerprint density at radius 2 is 0.900 bits per heavy atom. The van der Waals surface area contributed by atoms with E-state index in [2.05, 4.69) is 86.8 Å². The lowest BCUT2D eigenvalue weighted by molar-refractivity contribution is -0.161. The first kappa shape index (κ1) is 47.1. The van der Waals surface area contributed by atoms with Crippen molar-refractivity contribution in [2.45, 2.75) is 174 Å². The van der Waals surface area contributed by atoms with Crippen LogP contribution < -0.4 is 0 Å². The summed E-state index contributed by atoms with van der Waals surface area (Å²) in [5.74, 6) is -0.700. The van der Waals surface area contributed by atoms with E-state index in [4.69, 9.17) is 9.47 Å². The molecular formula is C45H74O5. The molecule has 0 aliphatic heterocycles. The second kappa shape index (κ2) is 40.5. The van der Waals surface area contributed by atoms with Crippen molar-refractivity contribution in [2.75, 3.05) is 13.2 Å². The molecule has 5 nitrogen and oxygen atoms in total. The summed E-state index contributed by atoms with van der Waals surface area (Å²) in [6, 6.07) is 0. The lowest BCUT2D eigenvalue weighted by Gasteiger charge is -2.15. The highest BCUT2D eigenvalue weighted by molar-refractivity contribution is 5.70. The monoisotopic (exact) mass is 695 g/mol. The molecule has 0 spiro atoms. The van der Waals surface area contributed by atoms with E-state index < -0.39 is 12.1 Å². The van der Waals surface area contributed by atoms with Gasteiger partial charge in [-0.05, 0) is 77.0 Å². The van der Waals surface area contributed by atoms with Gasteiger partial charge in [0.15, 0.2) is 6.10 Å². The van der Waals surface area contributed by atoms with E-state index in [1.54, 1.807) is 0 Å². The van der Waals surface area contributed by atoms with E-state index in [-0.39, 0.29) is 25.6 Å². The SMILES string of the molecule is CC/C=C/C/C=C/C/C=C/C/C=C/C/C=C/C/C=C/CCC(=O)O[C@@H](CO)COC(=O)CCCCCCCCC/C=C/CCCCCCCC. The highest BCUT2D eigenvalue weighted by Crippen LogP contribution is 2.12. The number of hydrogen-bond donors (Lipinski definition) is 1. The van der Waals surface area contributed by atoms with Gasteiger partial charge in [0.25, 0.3) is 0 Å². The Morgan fingerprint density at radius 1 is 0.480 bits per heavy atom. The van der Waals surface area contributed by atoms with E-state index in [1.165, 1.54) is 77.0 Å². The maximum atomic E-state index is 12.1. The third kappa shape index (κ3) is 37.9. The number of hydrogen-bond acceptors (Lipinski definition) is 5. The van der Waals surface area contributed by atoms with Crippen molar-refractivity contribution in [1.29, 1.82) is 0 Å². The molecule has 0 heterocycles. The summed E-state index contributed by atoms with van der Waals surface area (Å²) in [7, 11) is 0. The Bertz CT molecular complexity index is 968. The number of carbonyl (C=O) groups excluding carboxylic acids is 2. The lowest BCUT2D eigenvalue weighted by Crippen LogP contribution is -2.28. The van der Waals surface area contributed by atoms with Crippen LogP contribution in [0.1, 0.15) is 168 Å². The topological polar surface area (TPSA) is 72.8 Å². The van der Waals surface area contributed by atoms with Crippen molar-refractivity contribution in [3.8, 4) is 0 Å². The predicted molar refractivity (Wildman–Crippen MR) is 214 cm³/mol. The van der Waals surface area contributed by atoms with Crippen molar-refractivity contribution in [3.05, 3.63) is 85.1 Å². The maximum absolute atomic E-state index is 12.1.